The average molecular weight is 315 g/mol. The summed E-state index contributed by atoms with van der Waals surface area (Å²) in [6.07, 6.45) is 1.68. The number of imidazole rings is 1. The number of hydrogen-bond acceptors (Lipinski definition) is 4. The third kappa shape index (κ3) is 2.31. The lowest BCUT2D eigenvalue weighted by Crippen LogP contribution is -1.84. The molecule has 0 bridgehead atoms. The van der Waals surface area contributed by atoms with E-state index >= 15 is 0 Å². The Bertz CT molecular complexity index is 1080. The van der Waals surface area contributed by atoms with Crippen LogP contribution in [0, 0.1) is 11.3 Å². The molecular weight excluding hydrogens is 302 g/mol. The molecule has 0 unspecified atom stereocenters. The van der Waals surface area contributed by atoms with E-state index in [2.05, 4.69) is 16.0 Å². The van der Waals surface area contributed by atoms with Crippen molar-refractivity contribution < 1.29 is 9.15 Å². The van der Waals surface area contributed by atoms with Crippen molar-refractivity contribution in [3.8, 4) is 11.8 Å². The molecule has 0 saturated heterocycles. The molecule has 4 aromatic rings. The van der Waals surface area contributed by atoms with Crippen LogP contribution in [0.2, 0.25) is 0 Å². The van der Waals surface area contributed by atoms with Gasteiger partial charge in [-0.15, -0.1) is 0 Å². The van der Waals surface area contributed by atoms with E-state index in [1.807, 2.05) is 48.5 Å². The number of H-pyrrole nitrogens is 1. The molecule has 0 atom stereocenters. The van der Waals surface area contributed by atoms with Crippen molar-refractivity contribution in [2.45, 2.75) is 0 Å². The van der Waals surface area contributed by atoms with Gasteiger partial charge in [0.15, 0.2) is 11.3 Å². The first-order valence-corrected chi connectivity index (χ1v) is 7.42. The Hall–Kier alpha value is -3.52. The third-order valence-corrected chi connectivity index (χ3v) is 3.80. The van der Waals surface area contributed by atoms with E-state index in [-0.39, 0.29) is 0 Å². The Morgan fingerprint density at radius 2 is 2.12 bits per heavy atom. The zero-order valence-electron chi connectivity index (χ0n) is 12.9. The minimum atomic E-state index is 0.407. The molecule has 4 rings (SSSR count). The molecule has 0 saturated carbocycles. The molecule has 0 fully saturated rings. The second-order valence-electron chi connectivity index (χ2n) is 5.30. The van der Waals surface area contributed by atoms with Gasteiger partial charge in [-0.3, -0.25) is 0 Å². The molecule has 2 heterocycles. The number of furan rings is 1. The second-order valence-corrected chi connectivity index (χ2v) is 5.30. The van der Waals surface area contributed by atoms with E-state index in [9.17, 15) is 5.26 Å². The van der Waals surface area contributed by atoms with Gasteiger partial charge in [0.25, 0.3) is 0 Å². The minimum Gasteiger partial charge on any atom is -0.493 e. The minimum absolute atomic E-state index is 0.407. The molecule has 2 aromatic carbocycles. The highest BCUT2D eigenvalue weighted by Gasteiger charge is 2.11. The number of ether oxygens (including phenoxy) is 1. The van der Waals surface area contributed by atoms with Gasteiger partial charge in [0, 0.05) is 11.5 Å². The summed E-state index contributed by atoms with van der Waals surface area (Å²) >= 11 is 0. The SMILES string of the molecule is COc1cccc2cc(/C=C(\C#N)c3nc4ccccc4[nH]3)oc12. The molecule has 0 aliphatic heterocycles. The van der Waals surface area contributed by atoms with Crippen molar-refractivity contribution in [3.05, 3.63) is 60.1 Å². The summed E-state index contributed by atoms with van der Waals surface area (Å²) < 4.78 is 11.1. The van der Waals surface area contributed by atoms with Crippen molar-refractivity contribution in [2.24, 2.45) is 0 Å². The number of aromatic amines is 1. The lowest BCUT2D eigenvalue weighted by Gasteiger charge is -1.98. The predicted molar refractivity (Wildman–Crippen MR) is 92.3 cm³/mol. The summed E-state index contributed by atoms with van der Waals surface area (Å²) in [6.45, 7) is 0. The maximum Gasteiger partial charge on any atom is 0.176 e. The first-order valence-electron chi connectivity index (χ1n) is 7.42. The van der Waals surface area contributed by atoms with Crippen molar-refractivity contribution in [3.63, 3.8) is 0 Å². The van der Waals surface area contributed by atoms with E-state index in [4.69, 9.17) is 9.15 Å². The van der Waals surface area contributed by atoms with Crippen LogP contribution in [0.15, 0.2) is 52.9 Å². The Labute approximate surface area is 137 Å². The molecule has 0 aliphatic carbocycles. The van der Waals surface area contributed by atoms with Crippen LogP contribution in [0.3, 0.4) is 0 Å². The Balaban J connectivity index is 1.81. The third-order valence-electron chi connectivity index (χ3n) is 3.80. The van der Waals surface area contributed by atoms with E-state index in [0.717, 1.165) is 16.4 Å². The summed E-state index contributed by atoms with van der Waals surface area (Å²) in [4.78, 5) is 7.61. The smallest absolute Gasteiger partial charge is 0.176 e. The molecule has 5 nitrogen and oxygen atoms in total. The number of fused-ring (bicyclic) bond motifs is 2. The maximum absolute atomic E-state index is 9.50. The lowest BCUT2D eigenvalue weighted by molar-refractivity contribution is 0.410. The van der Waals surface area contributed by atoms with Crippen LogP contribution in [-0.2, 0) is 0 Å². The molecular formula is C19H13N3O2. The number of nitriles is 1. The lowest BCUT2D eigenvalue weighted by atomic mass is 10.2. The number of hydrogen-bond donors (Lipinski definition) is 1. The number of para-hydroxylation sites is 3. The highest BCUT2D eigenvalue weighted by atomic mass is 16.5. The molecule has 1 N–H and O–H groups in total. The molecule has 5 heteroatoms. The standard InChI is InChI=1S/C19H13N3O2/c1-23-17-8-4-5-12-9-14(24-18(12)17)10-13(11-20)19-21-15-6-2-3-7-16(15)22-19/h2-10H,1H3,(H,21,22)/b13-10+. The highest BCUT2D eigenvalue weighted by molar-refractivity contribution is 5.92. The summed E-state index contributed by atoms with van der Waals surface area (Å²) in [6, 6.07) is 17.4. The second kappa shape index (κ2) is 5.60. The molecule has 116 valence electrons. The number of benzene rings is 2. The van der Waals surface area contributed by atoms with Crippen LogP contribution in [0.4, 0.5) is 0 Å². The zero-order chi connectivity index (χ0) is 16.5. The van der Waals surface area contributed by atoms with Gasteiger partial charge in [-0.25, -0.2) is 4.98 Å². The molecule has 2 aromatic heterocycles. The Morgan fingerprint density at radius 1 is 1.25 bits per heavy atom. The number of rotatable bonds is 3. The molecule has 0 aliphatic rings. The number of allylic oxidation sites excluding steroid dienone is 1. The van der Waals surface area contributed by atoms with Crippen LogP contribution >= 0.6 is 0 Å². The number of nitrogens with zero attached hydrogens (tertiary/aromatic N) is 2. The quantitative estimate of drug-likeness (QED) is 0.569. The normalized spacial score (nSPS) is 11.8. The van der Waals surface area contributed by atoms with Crippen LogP contribution in [0.25, 0.3) is 33.7 Å². The van der Waals surface area contributed by atoms with Crippen LogP contribution < -0.4 is 4.74 Å². The average Bonchev–Trinajstić information content (AvgIpc) is 3.22. The summed E-state index contributed by atoms with van der Waals surface area (Å²) in [5, 5.41) is 10.4. The monoisotopic (exact) mass is 315 g/mol. The van der Waals surface area contributed by atoms with Gasteiger partial charge in [0.2, 0.25) is 0 Å². The fourth-order valence-corrected chi connectivity index (χ4v) is 2.66. The molecule has 24 heavy (non-hydrogen) atoms. The van der Waals surface area contributed by atoms with E-state index in [1.165, 1.54) is 0 Å². The maximum atomic E-state index is 9.50. The van der Waals surface area contributed by atoms with Crippen molar-refractivity contribution in [1.82, 2.24) is 9.97 Å². The van der Waals surface area contributed by atoms with Gasteiger partial charge in [0.05, 0.1) is 23.7 Å². The van der Waals surface area contributed by atoms with Gasteiger partial charge in [-0.2, -0.15) is 5.26 Å². The van der Waals surface area contributed by atoms with Crippen molar-refractivity contribution >= 4 is 33.7 Å². The van der Waals surface area contributed by atoms with Crippen molar-refractivity contribution in [1.29, 1.82) is 5.26 Å². The highest BCUT2D eigenvalue weighted by Crippen LogP contribution is 2.30. The first kappa shape index (κ1) is 14.1. The molecule has 0 spiro atoms. The molecule has 0 amide bonds. The Kier molecular flexibility index (Phi) is 3.29. The first-order chi connectivity index (χ1) is 11.8. The van der Waals surface area contributed by atoms with Gasteiger partial charge in [-0.1, -0.05) is 24.3 Å². The largest absolute Gasteiger partial charge is 0.493 e. The molecule has 0 radical (unpaired) electrons. The fraction of sp³-hybridized carbons (Fsp3) is 0.0526. The van der Waals surface area contributed by atoms with E-state index in [0.29, 0.717) is 28.5 Å². The number of aromatic nitrogens is 2. The van der Waals surface area contributed by atoms with Gasteiger partial charge in [0.1, 0.15) is 17.7 Å². The zero-order valence-corrected chi connectivity index (χ0v) is 12.9. The summed E-state index contributed by atoms with van der Waals surface area (Å²) in [7, 11) is 1.60. The predicted octanol–water partition coefficient (Wildman–Crippen LogP) is 4.38. The topological polar surface area (TPSA) is 74.8 Å². The van der Waals surface area contributed by atoms with E-state index < -0.39 is 0 Å². The van der Waals surface area contributed by atoms with Gasteiger partial charge < -0.3 is 14.1 Å². The van der Waals surface area contributed by atoms with Crippen LogP contribution in [-0.4, -0.2) is 17.1 Å². The fourth-order valence-electron chi connectivity index (χ4n) is 2.66. The number of methoxy groups -OCH3 is 1. The van der Waals surface area contributed by atoms with E-state index in [1.54, 1.807) is 13.2 Å². The summed E-state index contributed by atoms with van der Waals surface area (Å²) in [5.41, 5.74) is 2.78. The van der Waals surface area contributed by atoms with Crippen LogP contribution in [0.1, 0.15) is 11.6 Å². The van der Waals surface area contributed by atoms with Gasteiger partial charge in [-0.05, 0) is 24.3 Å². The summed E-state index contributed by atoms with van der Waals surface area (Å²) in [5.74, 6) is 1.76. The number of nitrogens with one attached hydrogen (secondary N) is 1. The Morgan fingerprint density at radius 3 is 2.92 bits per heavy atom. The van der Waals surface area contributed by atoms with Gasteiger partial charge >= 0.3 is 0 Å². The van der Waals surface area contributed by atoms with Crippen molar-refractivity contribution in [2.75, 3.05) is 7.11 Å². The van der Waals surface area contributed by atoms with Crippen LogP contribution in [0.5, 0.6) is 5.75 Å².